The monoisotopic (exact) mass is 289 g/mol. The lowest BCUT2D eigenvalue weighted by molar-refractivity contribution is 0.199. The zero-order chi connectivity index (χ0) is 14.3. The van der Waals surface area contributed by atoms with Crippen LogP contribution < -0.4 is 5.32 Å². The summed E-state index contributed by atoms with van der Waals surface area (Å²) in [4.78, 5) is 4.24. The lowest BCUT2D eigenvalue weighted by Gasteiger charge is -2.11. The zero-order valence-electron chi connectivity index (χ0n) is 11.8. The molecule has 0 aliphatic heterocycles. The van der Waals surface area contributed by atoms with E-state index in [1.807, 2.05) is 11.5 Å². The van der Waals surface area contributed by atoms with E-state index in [2.05, 4.69) is 10.3 Å². The second-order valence-electron chi connectivity index (χ2n) is 4.35. The molecule has 1 heterocycles. The van der Waals surface area contributed by atoms with Crippen molar-refractivity contribution in [3.8, 4) is 0 Å². The van der Waals surface area contributed by atoms with Crippen molar-refractivity contribution in [3.05, 3.63) is 17.7 Å². The number of methoxy groups -OCH3 is 1. The first kappa shape index (κ1) is 16.1. The highest BCUT2D eigenvalue weighted by molar-refractivity contribution is 7.91. The molecule has 1 N–H and O–H groups in total. The Bertz CT molecular complexity index is 482. The number of sulfone groups is 1. The van der Waals surface area contributed by atoms with Gasteiger partial charge in [0.1, 0.15) is 5.82 Å². The Kier molecular flexibility index (Phi) is 6.47. The van der Waals surface area contributed by atoms with E-state index in [0.29, 0.717) is 19.7 Å². The van der Waals surface area contributed by atoms with Crippen LogP contribution in [0.3, 0.4) is 0 Å². The quantitative estimate of drug-likeness (QED) is 0.665. The molecule has 6 nitrogen and oxygen atoms in total. The molecule has 0 radical (unpaired) electrons. The summed E-state index contributed by atoms with van der Waals surface area (Å²) in [5.41, 5.74) is 1.000. The van der Waals surface area contributed by atoms with Crippen molar-refractivity contribution in [1.82, 2.24) is 14.9 Å². The fraction of sp³-hybridized carbons (Fsp3) is 0.750. The summed E-state index contributed by atoms with van der Waals surface area (Å²) >= 11 is 0. The first-order valence-electron chi connectivity index (χ1n) is 6.41. The third-order valence-corrected chi connectivity index (χ3v) is 4.68. The maximum Gasteiger partial charge on any atom is 0.151 e. The third kappa shape index (κ3) is 5.30. The Balaban J connectivity index is 2.59. The molecular formula is C12H23N3O3S. The zero-order valence-corrected chi connectivity index (χ0v) is 12.7. The van der Waals surface area contributed by atoms with Crippen LogP contribution in [0.1, 0.15) is 18.4 Å². The summed E-state index contributed by atoms with van der Waals surface area (Å²) in [6, 6.07) is 0. The van der Waals surface area contributed by atoms with E-state index in [1.54, 1.807) is 20.2 Å². The summed E-state index contributed by atoms with van der Waals surface area (Å²) in [6.07, 6.45) is 1.79. The Hall–Kier alpha value is -0.920. The molecule has 0 unspecified atom stereocenters. The van der Waals surface area contributed by atoms with Crippen molar-refractivity contribution in [2.24, 2.45) is 0 Å². The van der Waals surface area contributed by atoms with Crippen LogP contribution in [-0.4, -0.2) is 49.7 Å². The third-order valence-electron chi connectivity index (χ3n) is 2.99. The first-order chi connectivity index (χ1) is 9.00. The van der Waals surface area contributed by atoms with Crippen LogP contribution in [0.15, 0.2) is 6.20 Å². The number of imidazole rings is 1. The van der Waals surface area contributed by atoms with Crippen molar-refractivity contribution in [2.45, 2.75) is 26.9 Å². The predicted octanol–water partition coefficient (Wildman–Crippen LogP) is 0.362. The molecule has 110 valence electrons. The van der Waals surface area contributed by atoms with Gasteiger partial charge in [0.05, 0.1) is 18.1 Å². The number of hydrogen-bond acceptors (Lipinski definition) is 5. The van der Waals surface area contributed by atoms with Crippen LogP contribution in [0.2, 0.25) is 0 Å². The van der Waals surface area contributed by atoms with Crippen LogP contribution >= 0.6 is 0 Å². The van der Waals surface area contributed by atoms with Crippen LogP contribution in [0, 0.1) is 6.92 Å². The largest absolute Gasteiger partial charge is 0.383 e. The molecule has 19 heavy (non-hydrogen) atoms. The summed E-state index contributed by atoms with van der Waals surface area (Å²) in [5, 5.41) is 3.23. The molecule has 0 amide bonds. The van der Waals surface area contributed by atoms with Gasteiger partial charge in [0, 0.05) is 38.7 Å². The SMILES string of the molecule is CCS(=O)(=O)CCn1c(CNCCOC)cnc1C. The Labute approximate surface area is 115 Å². The number of ether oxygens (including phenoxy) is 1. The second-order valence-corrected chi connectivity index (χ2v) is 6.83. The fourth-order valence-corrected chi connectivity index (χ4v) is 2.48. The van der Waals surface area contributed by atoms with Crippen LogP contribution in [0.25, 0.3) is 0 Å². The van der Waals surface area contributed by atoms with Gasteiger partial charge in [-0.3, -0.25) is 0 Å². The molecule has 0 aliphatic rings. The molecule has 0 fully saturated rings. The molecule has 0 bridgehead atoms. The first-order valence-corrected chi connectivity index (χ1v) is 8.23. The van der Waals surface area contributed by atoms with Crippen molar-refractivity contribution in [1.29, 1.82) is 0 Å². The molecule has 1 aromatic heterocycles. The topological polar surface area (TPSA) is 73.2 Å². The molecule has 7 heteroatoms. The van der Waals surface area contributed by atoms with Gasteiger partial charge in [0.15, 0.2) is 9.84 Å². The highest BCUT2D eigenvalue weighted by Gasteiger charge is 2.11. The van der Waals surface area contributed by atoms with Gasteiger partial charge in [0.25, 0.3) is 0 Å². The lowest BCUT2D eigenvalue weighted by Crippen LogP contribution is -2.22. The molecule has 0 aromatic carbocycles. The second kappa shape index (κ2) is 7.62. The van der Waals surface area contributed by atoms with Crippen LogP contribution in [0.5, 0.6) is 0 Å². The number of rotatable bonds is 9. The average molecular weight is 289 g/mol. The minimum absolute atomic E-state index is 0.159. The van der Waals surface area contributed by atoms with Gasteiger partial charge in [0.2, 0.25) is 0 Å². The van der Waals surface area contributed by atoms with Crippen molar-refractivity contribution < 1.29 is 13.2 Å². The van der Waals surface area contributed by atoms with E-state index in [-0.39, 0.29) is 11.5 Å². The molecule has 0 aliphatic carbocycles. The van der Waals surface area contributed by atoms with E-state index in [0.717, 1.165) is 18.1 Å². The summed E-state index contributed by atoms with van der Waals surface area (Å²) in [6.45, 7) is 6.09. The molecule has 1 rings (SSSR count). The van der Waals surface area contributed by atoms with E-state index >= 15 is 0 Å². The Morgan fingerprint density at radius 2 is 2.21 bits per heavy atom. The van der Waals surface area contributed by atoms with Gasteiger partial charge in [-0.2, -0.15) is 0 Å². The minimum atomic E-state index is -2.95. The van der Waals surface area contributed by atoms with Crippen molar-refractivity contribution in [3.63, 3.8) is 0 Å². The maximum absolute atomic E-state index is 11.6. The molecule has 0 atom stereocenters. The van der Waals surface area contributed by atoms with Crippen LogP contribution in [-0.2, 0) is 27.7 Å². The Morgan fingerprint density at radius 3 is 2.84 bits per heavy atom. The summed E-state index contributed by atoms with van der Waals surface area (Å²) < 4.78 is 30.0. The van der Waals surface area contributed by atoms with Crippen molar-refractivity contribution in [2.75, 3.05) is 31.8 Å². The number of aromatic nitrogens is 2. The van der Waals surface area contributed by atoms with E-state index in [4.69, 9.17) is 4.74 Å². The number of nitrogens with one attached hydrogen (secondary N) is 1. The van der Waals surface area contributed by atoms with Gasteiger partial charge >= 0.3 is 0 Å². The lowest BCUT2D eigenvalue weighted by atomic mass is 10.4. The summed E-state index contributed by atoms with van der Waals surface area (Å²) in [7, 11) is -1.29. The molecule has 0 saturated heterocycles. The van der Waals surface area contributed by atoms with Gasteiger partial charge in [-0.25, -0.2) is 13.4 Å². The number of nitrogens with zero attached hydrogens (tertiary/aromatic N) is 2. The Morgan fingerprint density at radius 1 is 1.47 bits per heavy atom. The minimum Gasteiger partial charge on any atom is -0.383 e. The van der Waals surface area contributed by atoms with Crippen molar-refractivity contribution >= 4 is 9.84 Å². The normalized spacial score (nSPS) is 11.9. The average Bonchev–Trinajstić information content (AvgIpc) is 2.73. The van der Waals surface area contributed by atoms with Gasteiger partial charge in [-0.15, -0.1) is 0 Å². The molecule has 1 aromatic rings. The number of aryl methyl sites for hydroxylation is 1. The highest BCUT2D eigenvalue weighted by atomic mass is 32.2. The molecule has 0 saturated carbocycles. The van der Waals surface area contributed by atoms with E-state index < -0.39 is 9.84 Å². The molecular weight excluding hydrogens is 266 g/mol. The van der Waals surface area contributed by atoms with Gasteiger partial charge in [-0.05, 0) is 6.92 Å². The van der Waals surface area contributed by atoms with E-state index in [9.17, 15) is 8.42 Å². The predicted molar refractivity (Wildman–Crippen MR) is 74.9 cm³/mol. The smallest absolute Gasteiger partial charge is 0.151 e. The fourth-order valence-electron chi connectivity index (χ4n) is 1.73. The summed E-state index contributed by atoms with van der Waals surface area (Å²) in [5.74, 6) is 1.18. The van der Waals surface area contributed by atoms with E-state index in [1.165, 1.54) is 0 Å². The maximum atomic E-state index is 11.6. The number of hydrogen-bond donors (Lipinski definition) is 1. The van der Waals surface area contributed by atoms with Gasteiger partial charge in [-0.1, -0.05) is 6.92 Å². The highest BCUT2D eigenvalue weighted by Crippen LogP contribution is 2.06. The van der Waals surface area contributed by atoms with Crippen LogP contribution in [0.4, 0.5) is 0 Å². The van der Waals surface area contributed by atoms with Gasteiger partial charge < -0.3 is 14.6 Å². The standard InChI is InChI=1S/C12H23N3O3S/c1-4-19(16,17)8-6-15-11(2)14-10-12(15)9-13-5-7-18-3/h10,13H,4-9H2,1-3H3. The molecule has 0 spiro atoms.